The fraction of sp³-hybridized carbons (Fsp3) is 0.176. The molecule has 0 radical (unpaired) electrons. The summed E-state index contributed by atoms with van der Waals surface area (Å²) in [6.07, 6.45) is 5.46. The quantitative estimate of drug-likeness (QED) is 0.629. The maximum Gasteiger partial charge on any atom is 0.271 e. The van der Waals surface area contributed by atoms with Gasteiger partial charge >= 0.3 is 0 Å². The van der Waals surface area contributed by atoms with Crippen molar-refractivity contribution >= 4 is 10.0 Å². The summed E-state index contributed by atoms with van der Waals surface area (Å²) in [4.78, 5) is 0.133. The molecule has 1 unspecified atom stereocenters. The van der Waals surface area contributed by atoms with Gasteiger partial charge in [-0.2, -0.15) is 0 Å². The monoisotopic (exact) mass is 315 g/mol. The SMILES string of the molecule is C#CN(C(C)c1ccccc1)S(=O)(=O)c1ccc(OC)cc1. The van der Waals surface area contributed by atoms with E-state index < -0.39 is 16.1 Å². The largest absolute Gasteiger partial charge is 0.497 e. The molecule has 2 aromatic rings. The van der Waals surface area contributed by atoms with Crippen LogP contribution >= 0.6 is 0 Å². The number of hydrogen-bond acceptors (Lipinski definition) is 3. The van der Waals surface area contributed by atoms with Gasteiger partial charge in [0.1, 0.15) is 5.75 Å². The van der Waals surface area contributed by atoms with Gasteiger partial charge < -0.3 is 4.74 Å². The van der Waals surface area contributed by atoms with Crippen LogP contribution in [-0.4, -0.2) is 19.8 Å². The summed E-state index contributed by atoms with van der Waals surface area (Å²) in [5.41, 5.74) is 0.831. The van der Waals surface area contributed by atoms with Crippen LogP contribution in [0.25, 0.3) is 0 Å². The fourth-order valence-electron chi connectivity index (χ4n) is 2.12. The van der Waals surface area contributed by atoms with Crippen molar-refractivity contribution in [2.24, 2.45) is 0 Å². The Bertz CT molecular complexity index is 762. The third kappa shape index (κ3) is 3.07. The van der Waals surface area contributed by atoms with Crippen LogP contribution in [0, 0.1) is 12.5 Å². The molecule has 0 aromatic heterocycles. The van der Waals surface area contributed by atoms with Crippen molar-refractivity contribution in [1.82, 2.24) is 4.31 Å². The summed E-state index contributed by atoms with van der Waals surface area (Å²) >= 11 is 0. The lowest BCUT2D eigenvalue weighted by atomic mass is 10.1. The van der Waals surface area contributed by atoms with Gasteiger partial charge in [-0.1, -0.05) is 36.8 Å². The van der Waals surface area contributed by atoms with E-state index in [1.807, 2.05) is 30.3 Å². The maximum atomic E-state index is 12.7. The smallest absolute Gasteiger partial charge is 0.271 e. The minimum Gasteiger partial charge on any atom is -0.497 e. The summed E-state index contributed by atoms with van der Waals surface area (Å²) in [6, 6.07) is 17.2. The first-order chi connectivity index (χ1) is 10.5. The maximum absolute atomic E-state index is 12.7. The summed E-state index contributed by atoms with van der Waals surface area (Å²) in [7, 11) is -2.26. The van der Waals surface area contributed by atoms with Gasteiger partial charge in [-0.15, -0.1) is 0 Å². The molecule has 0 spiro atoms. The van der Waals surface area contributed by atoms with E-state index in [-0.39, 0.29) is 4.90 Å². The Kier molecular flexibility index (Phi) is 4.74. The number of methoxy groups -OCH3 is 1. The molecule has 0 saturated heterocycles. The zero-order valence-corrected chi connectivity index (χ0v) is 13.2. The van der Waals surface area contributed by atoms with Crippen molar-refractivity contribution in [2.45, 2.75) is 17.9 Å². The average molecular weight is 315 g/mol. The number of sulfonamides is 1. The number of rotatable bonds is 5. The molecule has 0 aliphatic rings. The van der Waals surface area contributed by atoms with Crippen molar-refractivity contribution in [3.05, 3.63) is 60.2 Å². The summed E-state index contributed by atoms with van der Waals surface area (Å²) in [5, 5.41) is 0. The van der Waals surface area contributed by atoms with E-state index >= 15 is 0 Å². The third-order valence-corrected chi connectivity index (χ3v) is 5.18. The summed E-state index contributed by atoms with van der Waals surface area (Å²) in [6.45, 7) is 1.76. The van der Waals surface area contributed by atoms with Gasteiger partial charge in [0.15, 0.2) is 0 Å². The first kappa shape index (κ1) is 15.9. The van der Waals surface area contributed by atoms with E-state index in [2.05, 4.69) is 6.04 Å². The minimum atomic E-state index is -3.78. The Morgan fingerprint density at radius 1 is 1.09 bits per heavy atom. The molecule has 0 saturated carbocycles. The van der Waals surface area contributed by atoms with E-state index in [1.165, 1.54) is 19.2 Å². The van der Waals surface area contributed by atoms with Crippen LogP contribution in [0.5, 0.6) is 5.75 Å². The Labute approximate surface area is 131 Å². The highest BCUT2D eigenvalue weighted by molar-refractivity contribution is 7.89. The van der Waals surface area contributed by atoms with Crippen molar-refractivity contribution in [2.75, 3.05) is 7.11 Å². The molecule has 114 valence electrons. The molecule has 0 aliphatic heterocycles. The molecule has 2 rings (SSSR count). The standard InChI is InChI=1S/C17H17NO3S/c1-4-18(14(2)15-8-6-5-7-9-15)22(19,20)17-12-10-16(21-3)11-13-17/h1,5-14H,2-3H3. The highest BCUT2D eigenvalue weighted by Crippen LogP contribution is 2.27. The van der Waals surface area contributed by atoms with Gasteiger partial charge in [0.25, 0.3) is 10.0 Å². The molecule has 0 N–H and O–H groups in total. The van der Waals surface area contributed by atoms with Gasteiger partial charge in [0.2, 0.25) is 0 Å². The van der Waals surface area contributed by atoms with Crippen molar-refractivity contribution in [1.29, 1.82) is 0 Å². The topological polar surface area (TPSA) is 46.6 Å². The molecule has 0 aliphatic carbocycles. The molecule has 0 heterocycles. The molecule has 4 nitrogen and oxygen atoms in total. The second kappa shape index (κ2) is 6.54. The van der Waals surface area contributed by atoms with E-state index in [9.17, 15) is 8.42 Å². The number of benzene rings is 2. The Morgan fingerprint density at radius 3 is 2.18 bits per heavy atom. The van der Waals surface area contributed by atoms with E-state index in [4.69, 9.17) is 11.2 Å². The lowest BCUT2D eigenvalue weighted by Crippen LogP contribution is -2.29. The summed E-state index contributed by atoms with van der Waals surface area (Å²) < 4.78 is 31.5. The van der Waals surface area contributed by atoms with Crippen LogP contribution < -0.4 is 4.74 Å². The predicted molar refractivity (Wildman–Crippen MR) is 85.7 cm³/mol. The second-order valence-corrected chi connectivity index (χ2v) is 6.51. The number of ether oxygens (including phenoxy) is 1. The van der Waals surface area contributed by atoms with Crippen LogP contribution in [-0.2, 0) is 10.0 Å². The first-order valence-electron chi connectivity index (χ1n) is 6.70. The lowest BCUT2D eigenvalue weighted by Gasteiger charge is -2.25. The number of terminal acetylenes is 1. The third-order valence-electron chi connectivity index (χ3n) is 3.38. The van der Waals surface area contributed by atoms with Crippen molar-refractivity contribution < 1.29 is 13.2 Å². The number of nitrogens with zero attached hydrogens (tertiary/aromatic N) is 1. The summed E-state index contributed by atoms with van der Waals surface area (Å²) in [5.74, 6) is 0.585. The van der Waals surface area contributed by atoms with Crippen LogP contribution in [0.15, 0.2) is 59.5 Å². The van der Waals surface area contributed by atoms with Gasteiger partial charge in [-0.3, -0.25) is 0 Å². The zero-order chi connectivity index (χ0) is 16.2. The minimum absolute atomic E-state index is 0.133. The predicted octanol–water partition coefficient (Wildman–Crippen LogP) is 3.04. The molecule has 0 fully saturated rings. The van der Waals surface area contributed by atoms with Crippen LogP contribution in [0.2, 0.25) is 0 Å². The lowest BCUT2D eigenvalue weighted by molar-refractivity contribution is 0.414. The molecule has 0 bridgehead atoms. The Morgan fingerprint density at radius 2 is 1.68 bits per heavy atom. The van der Waals surface area contributed by atoms with Crippen LogP contribution in [0.4, 0.5) is 0 Å². The molecule has 22 heavy (non-hydrogen) atoms. The van der Waals surface area contributed by atoms with Crippen LogP contribution in [0.3, 0.4) is 0 Å². The van der Waals surface area contributed by atoms with E-state index in [1.54, 1.807) is 19.1 Å². The van der Waals surface area contributed by atoms with Gasteiger partial charge in [-0.25, -0.2) is 12.7 Å². The molecular formula is C17H17NO3S. The van der Waals surface area contributed by atoms with E-state index in [0.717, 1.165) is 9.87 Å². The first-order valence-corrected chi connectivity index (χ1v) is 8.14. The number of hydrogen-bond donors (Lipinski definition) is 0. The van der Waals surface area contributed by atoms with Gasteiger partial charge in [0, 0.05) is 6.04 Å². The Balaban J connectivity index is 2.38. The molecule has 2 aromatic carbocycles. The molecular weight excluding hydrogens is 298 g/mol. The Hall–Kier alpha value is -2.45. The normalized spacial score (nSPS) is 12.2. The van der Waals surface area contributed by atoms with Crippen LogP contribution in [0.1, 0.15) is 18.5 Å². The highest BCUT2D eigenvalue weighted by atomic mass is 32.2. The molecule has 0 amide bonds. The zero-order valence-electron chi connectivity index (χ0n) is 12.4. The van der Waals surface area contributed by atoms with Crippen molar-refractivity contribution in [3.8, 4) is 18.2 Å². The van der Waals surface area contributed by atoms with Crippen molar-refractivity contribution in [3.63, 3.8) is 0 Å². The highest BCUT2D eigenvalue weighted by Gasteiger charge is 2.27. The van der Waals surface area contributed by atoms with E-state index in [0.29, 0.717) is 5.75 Å². The average Bonchev–Trinajstić information content (AvgIpc) is 2.56. The molecule has 5 heteroatoms. The van der Waals surface area contributed by atoms with Gasteiger partial charge in [0.05, 0.1) is 18.0 Å². The van der Waals surface area contributed by atoms with Gasteiger partial charge in [-0.05, 0) is 36.8 Å². The molecule has 1 atom stereocenters. The second-order valence-electron chi connectivity index (χ2n) is 4.69. The fourth-order valence-corrected chi connectivity index (χ4v) is 3.50.